The Labute approximate surface area is 200 Å². The number of carbonyl (C=O) groups is 1. The van der Waals surface area contributed by atoms with Crippen LogP contribution in [0.4, 0.5) is 8.78 Å². The van der Waals surface area contributed by atoms with Gasteiger partial charge in [0.05, 0.1) is 25.4 Å². The smallest absolute Gasteiger partial charge is 0.330 e. The minimum atomic E-state index is -0.841. The highest BCUT2D eigenvalue weighted by Crippen LogP contribution is 2.24. The zero-order valence-electron chi connectivity index (χ0n) is 19.8. The second kappa shape index (κ2) is 12.7. The van der Waals surface area contributed by atoms with Crippen molar-refractivity contribution in [1.29, 1.82) is 0 Å². The molecule has 3 atom stereocenters. The van der Waals surface area contributed by atoms with Crippen LogP contribution in [0.1, 0.15) is 49.5 Å². The van der Waals surface area contributed by atoms with E-state index in [1.807, 2.05) is 31.2 Å². The molecule has 1 aliphatic heterocycles. The molecule has 1 fully saturated rings. The van der Waals surface area contributed by atoms with E-state index in [0.29, 0.717) is 19.6 Å². The van der Waals surface area contributed by atoms with Gasteiger partial charge < -0.3 is 14.6 Å². The zero-order valence-corrected chi connectivity index (χ0v) is 19.8. The molecule has 1 unspecified atom stereocenters. The third kappa shape index (κ3) is 7.45. The standard InChI is InChI=1S/C27H33F2NO4/c1-3-33-27(32)13-11-21-7-4-5-9-24(21)19(2)34-18-23(31)17-30-14-6-8-22(30)15-20-10-12-25(28)26(29)16-20/h4-5,7,9-13,16,19,22-23,31H,3,6,8,14-15,17-18H2,1-2H3/b13-11+/t19-,22+,23?/m1/s1. The molecule has 0 amide bonds. The molecule has 184 valence electrons. The lowest BCUT2D eigenvalue weighted by Gasteiger charge is -2.27. The number of esters is 1. The summed E-state index contributed by atoms with van der Waals surface area (Å²) in [6.07, 6.45) is 4.69. The minimum Gasteiger partial charge on any atom is -0.463 e. The topological polar surface area (TPSA) is 59.0 Å². The average molecular weight is 474 g/mol. The number of halogens is 2. The van der Waals surface area contributed by atoms with Crippen molar-refractivity contribution in [3.05, 3.63) is 76.9 Å². The van der Waals surface area contributed by atoms with Gasteiger partial charge in [-0.25, -0.2) is 13.6 Å². The molecule has 1 aliphatic rings. The summed E-state index contributed by atoms with van der Waals surface area (Å²) >= 11 is 0. The van der Waals surface area contributed by atoms with E-state index in [1.165, 1.54) is 12.1 Å². The number of likely N-dealkylation sites (tertiary alicyclic amines) is 1. The number of benzene rings is 2. The van der Waals surface area contributed by atoms with Crippen molar-refractivity contribution in [2.75, 3.05) is 26.3 Å². The van der Waals surface area contributed by atoms with Gasteiger partial charge in [-0.05, 0) is 74.6 Å². The van der Waals surface area contributed by atoms with E-state index in [0.717, 1.165) is 42.1 Å². The van der Waals surface area contributed by atoms with Crippen molar-refractivity contribution in [3.8, 4) is 0 Å². The van der Waals surface area contributed by atoms with E-state index in [4.69, 9.17) is 9.47 Å². The molecule has 0 bridgehead atoms. The van der Waals surface area contributed by atoms with Gasteiger partial charge in [-0.3, -0.25) is 4.90 Å². The summed E-state index contributed by atoms with van der Waals surface area (Å²) in [6, 6.07) is 11.8. The van der Waals surface area contributed by atoms with Gasteiger partial charge in [0.1, 0.15) is 0 Å². The third-order valence-electron chi connectivity index (χ3n) is 6.06. The number of hydrogen-bond acceptors (Lipinski definition) is 5. The lowest BCUT2D eigenvalue weighted by Crippen LogP contribution is -2.39. The average Bonchev–Trinajstić information content (AvgIpc) is 3.25. The molecule has 0 radical (unpaired) electrons. The summed E-state index contributed by atoms with van der Waals surface area (Å²) in [5.41, 5.74) is 2.51. The zero-order chi connectivity index (χ0) is 24.5. The Morgan fingerprint density at radius 1 is 1.24 bits per heavy atom. The predicted molar refractivity (Wildman–Crippen MR) is 127 cm³/mol. The predicted octanol–water partition coefficient (Wildman–Crippen LogP) is 4.69. The van der Waals surface area contributed by atoms with Gasteiger partial charge in [0.15, 0.2) is 11.6 Å². The first kappa shape index (κ1) is 26.0. The van der Waals surface area contributed by atoms with E-state index in [9.17, 15) is 18.7 Å². The Balaban J connectivity index is 1.53. The van der Waals surface area contributed by atoms with Crippen LogP contribution < -0.4 is 0 Å². The fraction of sp³-hybridized carbons (Fsp3) is 0.444. The van der Waals surface area contributed by atoms with Crippen molar-refractivity contribution >= 4 is 12.0 Å². The first-order valence-electron chi connectivity index (χ1n) is 11.8. The molecule has 2 aromatic rings. The Morgan fingerprint density at radius 2 is 2.03 bits per heavy atom. The van der Waals surface area contributed by atoms with Crippen molar-refractivity contribution in [2.45, 2.75) is 51.4 Å². The van der Waals surface area contributed by atoms with Gasteiger partial charge in [-0.1, -0.05) is 30.3 Å². The maximum atomic E-state index is 13.6. The number of aliphatic hydroxyl groups excluding tert-OH is 1. The first-order valence-corrected chi connectivity index (χ1v) is 11.8. The number of β-amino-alcohol motifs (C(OH)–C–C–N with tert-alkyl or cyclic N) is 1. The van der Waals surface area contributed by atoms with Gasteiger partial charge in [0.25, 0.3) is 0 Å². The lowest BCUT2D eigenvalue weighted by molar-refractivity contribution is -0.137. The van der Waals surface area contributed by atoms with Crippen LogP contribution in [-0.2, 0) is 20.7 Å². The van der Waals surface area contributed by atoms with Gasteiger partial charge in [-0.15, -0.1) is 0 Å². The van der Waals surface area contributed by atoms with Crippen LogP contribution >= 0.6 is 0 Å². The fourth-order valence-corrected chi connectivity index (χ4v) is 4.36. The summed E-state index contributed by atoms with van der Waals surface area (Å²) < 4.78 is 37.7. The molecule has 0 aliphatic carbocycles. The molecule has 5 nitrogen and oxygen atoms in total. The minimum absolute atomic E-state index is 0.158. The molecule has 1 N–H and O–H groups in total. The Morgan fingerprint density at radius 3 is 2.79 bits per heavy atom. The molecule has 0 aromatic heterocycles. The number of nitrogens with zero attached hydrogens (tertiary/aromatic N) is 1. The molecular formula is C27H33F2NO4. The van der Waals surface area contributed by atoms with E-state index in [2.05, 4.69) is 4.90 Å². The number of ether oxygens (including phenoxy) is 2. The summed E-state index contributed by atoms with van der Waals surface area (Å²) in [6.45, 7) is 5.44. The maximum absolute atomic E-state index is 13.6. The number of aliphatic hydroxyl groups is 1. The summed E-state index contributed by atoms with van der Waals surface area (Å²) in [7, 11) is 0. The first-order chi connectivity index (χ1) is 16.4. The number of rotatable bonds is 11. The van der Waals surface area contributed by atoms with Crippen molar-refractivity contribution in [3.63, 3.8) is 0 Å². The van der Waals surface area contributed by atoms with Crippen molar-refractivity contribution < 1.29 is 28.2 Å². The highest BCUT2D eigenvalue weighted by molar-refractivity contribution is 5.87. The van der Waals surface area contributed by atoms with Gasteiger partial charge >= 0.3 is 5.97 Å². The largest absolute Gasteiger partial charge is 0.463 e. The van der Waals surface area contributed by atoms with Crippen molar-refractivity contribution in [2.24, 2.45) is 0 Å². The SMILES string of the molecule is CCOC(=O)/C=C/c1ccccc1[C@@H](C)OCC(O)CN1CCC[C@H]1Cc1ccc(F)c(F)c1. The van der Waals surface area contributed by atoms with Crippen LogP contribution in [0.5, 0.6) is 0 Å². The van der Waals surface area contributed by atoms with Crippen LogP contribution in [0.25, 0.3) is 6.08 Å². The molecule has 34 heavy (non-hydrogen) atoms. The maximum Gasteiger partial charge on any atom is 0.330 e. The molecule has 0 spiro atoms. The van der Waals surface area contributed by atoms with E-state index < -0.39 is 23.7 Å². The van der Waals surface area contributed by atoms with Crippen LogP contribution in [0.15, 0.2) is 48.5 Å². The lowest BCUT2D eigenvalue weighted by atomic mass is 10.0. The molecule has 3 rings (SSSR count). The van der Waals surface area contributed by atoms with E-state index >= 15 is 0 Å². The normalized spacial score (nSPS) is 18.3. The highest BCUT2D eigenvalue weighted by Gasteiger charge is 2.27. The van der Waals surface area contributed by atoms with E-state index in [1.54, 1.807) is 19.1 Å². The molecule has 1 saturated heterocycles. The molecule has 2 aromatic carbocycles. The van der Waals surface area contributed by atoms with Crippen LogP contribution in [-0.4, -0.2) is 54.4 Å². The fourth-order valence-electron chi connectivity index (χ4n) is 4.36. The number of hydrogen-bond donors (Lipinski definition) is 1. The number of carbonyl (C=O) groups excluding carboxylic acids is 1. The van der Waals surface area contributed by atoms with Gasteiger partial charge in [0, 0.05) is 18.7 Å². The Hall–Kier alpha value is -2.61. The monoisotopic (exact) mass is 473 g/mol. The molecule has 0 saturated carbocycles. The molecular weight excluding hydrogens is 440 g/mol. The summed E-state index contributed by atoms with van der Waals surface area (Å²) in [4.78, 5) is 13.8. The van der Waals surface area contributed by atoms with Crippen LogP contribution in [0.2, 0.25) is 0 Å². The van der Waals surface area contributed by atoms with Gasteiger partial charge in [-0.2, -0.15) is 0 Å². The molecule has 1 heterocycles. The summed E-state index contributed by atoms with van der Waals surface area (Å²) in [5, 5.41) is 10.6. The van der Waals surface area contributed by atoms with Crippen LogP contribution in [0, 0.1) is 11.6 Å². The van der Waals surface area contributed by atoms with Crippen LogP contribution in [0.3, 0.4) is 0 Å². The second-order valence-corrected chi connectivity index (χ2v) is 8.59. The van der Waals surface area contributed by atoms with Gasteiger partial charge in [0.2, 0.25) is 0 Å². The summed E-state index contributed by atoms with van der Waals surface area (Å²) in [5.74, 6) is -2.07. The molecule has 7 heteroatoms. The third-order valence-corrected chi connectivity index (χ3v) is 6.06. The van der Waals surface area contributed by atoms with Crippen molar-refractivity contribution in [1.82, 2.24) is 4.90 Å². The van der Waals surface area contributed by atoms with E-state index in [-0.39, 0.29) is 18.8 Å². The second-order valence-electron chi connectivity index (χ2n) is 8.59. The quantitative estimate of drug-likeness (QED) is 0.379. The Kier molecular flexibility index (Phi) is 9.74. The Bertz CT molecular complexity index is 981. The highest BCUT2D eigenvalue weighted by atomic mass is 19.2.